The summed E-state index contributed by atoms with van der Waals surface area (Å²) in [6.07, 6.45) is 0.805. The van der Waals surface area contributed by atoms with Gasteiger partial charge in [0.25, 0.3) is 5.91 Å². The van der Waals surface area contributed by atoms with Gasteiger partial charge in [0.15, 0.2) is 0 Å². The predicted octanol–water partition coefficient (Wildman–Crippen LogP) is 2.60. The summed E-state index contributed by atoms with van der Waals surface area (Å²) in [4.78, 5) is 14.0. The molecule has 122 valence electrons. The molecule has 0 bridgehead atoms. The van der Waals surface area contributed by atoms with E-state index in [2.05, 4.69) is 24.3 Å². The Kier molecular flexibility index (Phi) is 6.28. The quantitative estimate of drug-likeness (QED) is 0.724. The number of aliphatic hydroxyl groups excluding tert-OH is 1. The van der Waals surface area contributed by atoms with Crippen LogP contribution < -0.4 is 5.32 Å². The molecule has 0 aromatic carbocycles. The van der Waals surface area contributed by atoms with Crippen LogP contribution in [0.1, 0.15) is 41.6 Å². The molecule has 0 aliphatic rings. The number of nitrogens with zero attached hydrogens (tertiary/aromatic N) is 2. The maximum absolute atomic E-state index is 12.2. The predicted molar refractivity (Wildman–Crippen MR) is 94.0 cm³/mol. The zero-order valence-corrected chi connectivity index (χ0v) is 14.9. The summed E-state index contributed by atoms with van der Waals surface area (Å²) < 4.78 is 1.86. The number of thioether (sulfide) groups is 1. The van der Waals surface area contributed by atoms with Gasteiger partial charge in [0.05, 0.1) is 10.6 Å². The van der Waals surface area contributed by atoms with Crippen molar-refractivity contribution in [1.82, 2.24) is 15.1 Å². The number of carbonyl (C=O) groups excluding carboxylic acids is 1. The summed E-state index contributed by atoms with van der Waals surface area (Å²) in [7, 11) is 1.92. The molecule has 2 aromatic rings. The van der Waals surface area contributed by atoms with E-state index in [1.54, 1.807) is 11.8 Å². The number of fused-ring (bicyclic) bond motifs is 1. The van der Waals surface area contributed by atoms with Crippen LogP contribution in [0.5, 0.6) is 0 Å². The van der Waals surface area contributed by atoms with Gasteiger partial charge in [-0.1, -0.05) is 13.8 Å². The largest absolute Gasteiger partial charge is 0.396 e. The monoisotopic (exact) mass is 341 g/mol. The van der Waals surface area contributed by atoms with Gasteiger partial charge in [0.2, 0.25) is 0 Å². The van der Waals surface area contributed by atoms with Crippen LogP contribution in [-0.2, 0) is 7.05 Å². The van der Waals surface area contributed by atoms with Gasteiger partial charge in [-0.25, -0.2) is 0 Å². The van der Waals surface area contributed by atoms with Crippen molar-refractivity contribution in [3.63, 3.8) is 0 Å². The van der Waals surface area contributed by atoms with Gasteiger partial charge in [-0.3, -0.25) is 9.48 Å². The molecule has 2 rings (SSSR count). The number of hydrogen-bond acceptors (Lipinski definition) is 5. The van der Waals surface area contributed by atoms with E-state index in [0.717, 1.165) is 38.7 Å². The molecule has 0 unspecified atom stereocenters. The minimum absolute atomic E-state index is 0.0151. The van der Waals surface area contributed by atoms with E-state index >= 15 is 0 Å². The van der Waals surface area contributed by atoms with Gasteiger partial charge in [-0.15, -0.1) is 11.3 Å². The van der Waals surface area contributed by atoms with E-state index in [1.165, 1.54) is 11.3 Å². The van der Waals surface area contributed by atoms with E-state index in [1.807, 2.05) is 17.8 Å². The van der Waals surface area contributed by atoms with E-state index in [-0.39, 0.29) is 12.5 Å². The lowest BCUT2D eigenvalue weighted by Crippen LogP contribution is -2.25. The number of aliphatic hydroxyl groups is 1. The highest BCUT2D eigenvalue weighted by atomic mass is 32.2. The van der Waals surface area contributed by atoms with Gasteiger partial charge in [-0.05, 0) is 24.2 Å². The zero-order chi connectivity index (χ0) is 16.1. The second-order valence-electron chi connectivity index (χ2n) is 5.44. The summed E-state index contributed by atoms with van der Waals surface area (Å²) in [5.74, 6) is 2.13. The van der Waals surface area contributed by atoms with Crippen LogP contribution in [0.3, 0.4) is 0 Å². The summed E-state index contributed by atoms with van der Waals surface area (Å²) in [5.41, 5.74) is 1.05. The SMILES string of the molecule is CC(C)c1nn(C)c2sc(C(=O)NCCSCCCO)cc12. The lowest BCUT2D eigenvalue weighted by molar-refractivity contribution is 0.0960. The van der Waals surface area contributed by atoms with Crippen LogP contribution in [0.25, 0.3) is 10.2 Å². The van der Waals surface area contributed by atoms with Gasteiger partial charge < -0.3 is 10.4 Å². The maximum Gasteiger partial charge on any atom is 0.261 e. The molecule has 2 heterocycles. The number of thiophene rings is 1. The van der Waals surface area contributed by atoms with Crippen molar-refractivity contribution in [1.29, 1.82) is 0 Å². The summed E-state index contributed by atoms with van der Waals surface area (Å²) >= 11 is 3.24. The van der Waals surface area contributed by atoms with Crippen molar-refractivity contribution in [3.8, 4) is 0 Å². The topological polar surface area (TPSA) is 67.2 Å². The van der Waals surface area contributed by atoms with Crippen molar-refractivity contribution >= 4 is 39.2 Å². The molecule has 0 spiro atoms. The Morgan fingerprint density at radius 1 is 1.50 bits per heavy atom. The molecule has 2 aromatic heterocycles. The fraction of sp³-hybridized carbons (Fsp3) is 0.600. The first-order chi connectivity index (χ1) is 10.5. The molecule has 0 atom stereocenters. The van der Waals surface area contributed by atoms with Gasteiger partial charge in [-0.2, -0.15) is 16.9 Å². The highest BCUT2D eigenvalue weighted by molar-refractivity contribution is 7.99. The highest BCUT2D eigenvalue weighted by Gasteiger charge is 2.18. The van der Waals surface area contributed by atoms with Crippen molar-refractivity contribution in [2.75, 3.05) is 24.7 Å². The number of aromatic nitrogens is 2. The smallest absolute Gasteiger partial charge is 0.261 e. The standard InChI is InChI=1S/C15H23N3O2S2/c1-10(2)13-11-9-12(22-15(11)18(3)17-13)14(20)16-5-8-21-7-4-6-19/h9-10,19H,4-8H2,1-3H3,(H,16,20). The number of nitrogens with one attached hydrogen (secondary N) is 1. The minimum Gasteiger partial charge on any atom is -0.396 e. The Morgan fingerprint density at radius 3 is 2.95 bits per heavy atom. The Balaban J connectivity index is 1.96. The molecule has 0 saturated heterocycles. The summed E-state index contributed by atoms with van der Waals surface area (Å²) in [6.45, 7) is 5.11. The molecule has 0 fully saturated rings. The molecular weight excluding hydrogens is 318 g/mol. The van der Waals surface area contributed by atoms with Crippen molar-refractivity contribution in [2.24, 2.45) is 7.05 Å². The fourth-order valence-electron chi connectivity index (χ4n) is 2.20. The van der Waals surface area contributed by atoms with Crippen LogP contribution in [0, 0.1) is 0 Å². The van der Waals surface area contributed by atoms with Crippen LogP contribution >= 0.6 is 23.1 Å². The second-order valence-corrected chi connectivity index (χ2v) is 7.69. The molecule has 0 radical (unpaired) electrons. The average molecular weight is 342 g/mol. The minimum atomic E-state index is -0.0151. The zero-order valence-electron chi connectivity index (χ0n) is 13.3. The molecule has 22 heavy (non-hydrogen) atoms. The molecule has 7 heteroatoms. The first kappa shape index (κ1) is 17.3. The molecule has 5 nitrogen and oxygen atoms in total. The van der Waals surface area contributed by atoms with Crippen molar-refractivity contribution in [2.45, 2.75) is 26.2 Å². The summed E-state index contributed by atoms with van der Waals surface area (Å²) in [5, 5.41) is 17.3. The third-order valence-electron chi connectivity index (χ3n) is 3.29. The Labute approximate surface area is 139 Å². The van der Waals surface area contributed by atoms with Crippen LogP contribution in [0.2, 0.25) is 0 Å². The van der Waals surface area contributed by atoms with E-state index < -0.39 is 0 Å². The average Bonchev–Trinajstić information content (AvgIpc) is 3.03. The highest BCUT2D eigenvalue weighted by Crippen LogP contribution is 2.31. The molecule has 0 saturated carbocycles. The Morgan fingerprint density at radius 2 is 2.27 bits per heavy atom. The molecule has 2 N–H and O–H groups in total. The number of hydrogen-bond donors (Lipinski definition) is 2. The van der Waals surface area contributed by atoms with E-state index in [0.29, 0.717) is 12.5 Å². The van der Waals surface area contributed by atoms with Crippen molar-refractivity contribution in [3.05, 3.63) is 16.6 Å². The third kappa shape index (κ3) is 4.02. The first-order valence-corrected chi connectivity index (χ1v) is 9.45. The first-order valence-electron chi connectivity index (χ1n) is 7.47. The molecule has 0 aliphatic heterocycles. The lowest BCUT2D eigenvalue weighted by atomic mass is 10.1. The van der Waals surface area contributed by atoms with Gasteiger partial charge >= 0.3 is 0 Å². The maximum atomic E-state index is 12.2. The molecule has 0 aliphatic carbocycles. The molecule has 1 amide bonds. The Bertz CT molecular complexity index is 634. The number of amides is 1. The van der Waals surface area contributed by atoms with Crippen molar-refractivity contribution < 1.29 is 9.90 Å². The fourth-order valence-corrected chi connectivity index (χ4v) is 3.98. The van der Waals surface area contributed by atoms with Crippen LogP contribution in [0.4, 0.5) is 0 Å². The van der Waals surface area contributed by atoms with Gasteiger partial charge in [0.1, 0.15) is 4.83 Å². The van der Waals surface area contributed by atoms with Gasteiger partial charge in [0, 0.05) is 31.3 Å². The normalized spacial score (nSPS) is 11.5. The number of rotatable bonds is 8. The Hall–Kier alpha value is -1.05. The van der Waals surface area contributed by atoms with E-state index in [9.17, 15) is 4.79 Å². The van der Waals surface area contributed by atoms with Crippen LogP contribution in [-0.4, -0.2) is 45.5 Å². The lowest BCUT2D eigenvalue weighted by Gasteiger charge is -2.03. The molecular formula is C15H23N3O2S2. The third-order valence-corrected chi connectivity index (χ3v) is 5.56. The number of aryl methyl sites for hydroxylation is 1. The second kappa shape index (κ2) is 7.99. The van der Waals surface area contributed by atoms with Crippen LogP contribution in [0.15, 0.2) is 6.07 Å². The summed E-state index contributed by atoms with van der Waals surface area (Å²) in [6, 6.07) is 1.95. The number of carbonyl (C=O) groups is 1. The van der Waals surface area contributed by atoms with E-state index in [4.69, 9.17) is 5.11 Å².